The molecule has 1 N–H and O–H groups in total. The molecule has 0 aliphatic heterocycles. The van der Waals surface area contributed by atoms with Gasteiger partial charge < -0.3 is 10.0 Å². The van der Waals surface area contributed by atoms with Gasteiger partial charge in [-0.2, -0.15) is 0 Å². The van der Waals surface area contributed by atoms with Crippen molar-refractivity contribution in [1.29, 1.82) is 0 Å². The van der Waals surface area contributed by atoms with Crippen molar-refractivity contribution >= 4 is 40.3 Å². The minimum Gasteiger partial charge on any atom is -0.508 e. The number of phenols is 1. The molecule has 0 aromatic heterocycles. The van der Waals surface area contributed by atoms with Gasteiger partial charge in [0, 0.05) is 23.5 Å². The van der Waals surface area contributed by atoms with Crippen LogP contribution in [0.5, 0.6) is 5.75 Å². The molecule has 122 valence electrons. The van der Waals surface area contributed by atoms with Crippen LogP contribution >= 0.6 is 23.2 Å². The van der Waals surface area contributed by atoms with Crippen LogP contribution < -0.4 is 4.90 Å². The Labute approximate surface area is 151 Å². The smallest absolute Gasteiger partial charge is 0.119 e. The zero-order chi connectivity index (χ0) is 17.3. The molecule has 3 aromatic carbocycles. The van der Waals surface area contributed by atoms with Crippen LogP contribution in [-0.4, -0.2) is 5.11 Å². The summed E-state index contributed by atoms with van der Waals surface area (Å²) in [6.07, 6.45) is 0. The fourth-order valence-electron chi connectivity index (χ4n) is 2.54. The zero-order valence-electron chi connectivity index (χ0n) is 13.4. The van der Waals surface area contributed by atoms with Gasteiger partial charge in [-0.3, -0.25) is 0 Å². The first kappa shape index (κ1) is 16.7. The molecule has 0 amide bonds. The van der Waals surface area contributed by atoms with Crippen molar-refractivity contribution in [3.8, 4) is 5.75 Å². The van der Waals surface area contributed by atoms with E-state index in [-0.39, 0.29) is 5.75 Å². The number of aromatic hydroxyl groups is 1. The number of halogens is 2. The Morgan fingerprint density at radius 2 is 1.21 bits per heavy atom. The monoisotopic (exact) mass is 357 g/mol. The summed E-state index contributed by atoms with van der Waals surface area (Å²) in [5.41, 5.74) is 4.85. The van der Waals surface area contributed by atoms with E-state index in [4.69, 9.17) is 23.2 Å². The molecule has 0 aliphatic carbocycles. The molecule has 3 rings (SSSR count). The second-order valence-corrected chi connectivity index (χ2v) is 6.55. The van der Waals surface area contributed by atoms with Gasteiger partial charge in [-0.25, -0.2) is 0 Å². The predicted molar refractivity (Wildman–Crippen MR) is 102 cm³/mol. The molecule has 0 saturated heterocycles. The summed E-state index contributed by atoms with van der Waals surface area (Å²) in [5, 5.41) is 10.7. The average Bonchev–Trinajstić information content (AvgIpc) is 2.55. The second-order valence-electron chi connectivity index (χ2n) is 5.77. The maximum atomic E-state index is 9.98. The lowest BCUT2D eigenvalue weighted by atomic mass is 10.1. The van der Waals surface area contributed by atoms with E-state index in [0.717, 1.165) is 11.4 Å². The van der Waals surface area contributed by atoms with Gasteiger partial charge in [-0.15, -0.1) is 0 Å². The van der Waals surface area contributed by atoms with Crippen LogP contribution in [0.15, 0.2) is 60.7 Å². The topological polar surface area (TPSA) is 23.5 Å². The van der Waals surface area contributed by atoms with Crippen molar-refractivity contribution in [2.45, 2.75) is 13.8 Å². The van der Waals surface area contributed by atoms with Crippen molar-refractivity contribution in [2.24, 2.45) is 0 Å². The summed E-state index contributed by atoms with van der Waals surface area (Å²) in [7, 11) is 0. The van der Waals surface area contributed by atoms with Gasteiger partial charge in [0.2, 0.25) is 0 Å². The lowest BCUT2D eigenvalue weighted by molar-refractivity contribution is 0.475. The second kappa shape index (κ2) is 6.76. The van der Waals surface area contributed by atoms with E-state index in [2.05, 4.69) is 0 Å². The van der Waals surface area contributed by atoms with Crippen LogP contribution in [0.25, 0.3) is 0 Å². The van der Waals surface area contributed by atoms with Crippen LogP contribution in [0.1, 0.15) is 11.1 Å². The SMILES string of the molecule is Cc1ccc(N(c2ccc(C)cc2)c2cc(O)cc(Cl)c2Cl)cc1. The molecule has 0 atom stereocenters. The van der Waals surface area contributed by atoms with Gasteiger partial charge in [0.15, 0.2) is 0 Å². The quantitative estimate of drug-likeness (QED) is 0.557. The van der Waals surface area contributed by atoms with Crippen molar-refractivity contribution in [1.82, 2.24) is 0 Å². The summed E-state index contributed by atoms with van der Waals surface area (Å²) < 4.78 is 0. The Bertz CT molecular complexity index is 813. The molecule has 0 saturated carbocycles. The first-order valence-electron chi connectivity index (χ1n) is 7.57. The number of aryl methyl sites for hydroxylation is 2. The Morgan fingerprint density at radius 3 is 1.67 bits per heavy atom. The van der Waals surface area contributed by atoms with Crippen molar-refractivity contribution in [3.05, 3.63) is 81.8 Å². The summed E-state index contributed by atoms with van der Waals surface area (Å²) in [6, 6.07) is 19.3. The van der Waals surface area contributed by atoms with E-state index in [1.165, 1.54) is 17.2 Å². The molecular formula is C20H17Cl2NO. The molecule has 24 heavy (non-hydrogen) atoms. The minimum atomic E-state index is 0.0728. The number of hydrogen-bond acceptors (Lipinski definition) is 2. The molecule has 2 nitrogen and oxygen atoms in total. The predicted octanol–water partition coefficient (Wildman–Crippen LogP) is 6.79. The van der Waals surface area contributed by atoms with Crippen LogP contribution in [-0.2, 0) is 0 Å². The van der Waals surface area contributed by atoms with Gasteiger partial charge in [0.05, 0.1) is 15.7 Å². The highest BCUT2D eigenvalue weighted by Gasteiger charge is 2.18. The lowest BCUT2D eigenvalue weighted by Crippen LogP contribution is -2.10. The largest absolute Gasteiger partial charge is 0.508 e. The van der Waals surface area contributed by atoms with Crippen molar-refractivity contribution in [3.63, 3.8) is 0 Å². The number of anilines is 3. The number of nitrogens with zero attached hydrogens (tertiary/aromatic N) is 1. The van der Waals surface area contributed by atoms with Crippen LogP contribution in [0, 0.1) is 13.8 Å². The van der Waals surface area contributed by atoms with Crippen LogP contribution in [0.4, 0.5) is 17.1 Å². The van der Waals surface area contributed by atoms with Gasteiger partial charge in [-0.05, 0) is 38.1 Å². The Hall–Kier alpha value is -2.16. The molecule has 0 radical (unpaired) electrons. The normalized spacial score (nSPS) is 10.7. The number of hydrogen-bond donors (Lipinski definition) is 1. The third-order valence-electron chi connectivity index (χ3n) is 3.82. The van der Waals surface area contributed by atoms with E-state index >= 15 is 0 Å². The lowest BCUT2D eigenvalue weighted by Gasteiger charge is -2.27. The molecule has 0 spiro atoms. The summed E-state index contributed by atoms with van der Waals surface area (Å²) in [4.78, 5) is 1.98. The highest BCUT2D eigenvalue weighted by molar-refractivity contribution is 6.44. The van der Waals surface area contributed by atoms with Crippen molar-refractivity contribution in [2.75, 3.05) is 4.90 Å². The fourth-order valence-corrected chi connectivity index (χ4v) is 2.94. The van der Waals surface area contributed by atoms with Gasteiger partial charge >= 0.3 is 0 Å². The summed E-state index contributed by atoms with van der Waals surface area (Å²) >= 11 is 12.6. The number of phenolic OH excluding ortho intramolecular Hbond substituents is 1. The number of rotatable bonds is 3. The molecule has 0 fully saturated rings. The highest BCUT2D eigenvalue weighted by atomic mass is 35.5. The van der Waals surface area contributed by atoms with Crippen molar-refractivity contribution < 1.29 is 5.11 Å². The van der Waals surface area contributed by atoms with Gasteiger partial charge in [-0.1, -0.05) is 58.6 Å². The molecule has 0 aliphatic rings. The summed E-state index contributed by atoms with van der Waals surface area (Å²) in [6.45, 7) is 4.08. The molecule has 3 aromatic rings. The maximum absolute atomic E-state index is 9.98. The van der Waals surface area contributed by atoms with E-state index in [1.807, 2.05) is 67.3 Å². The molecule has 4 heteroatoms. The molecule has 0 unspecified atom stereocenters. The molecule has 0 bridgehead atoms. The number of benzene rings is 3. The van der Waals surface area contributed by atoms with E-state index < -0.39 is 0 Å². The maximum Gasteiger partial charge on any atom is 0.119 e. The third-order valence-corrected chi connectivity index (χ3v) is 4.61. The van der Waals surface area contributed by atoms with Crippen LogP contribution in [0.3, 0.4) is 0 Å². The first-order valence-corrected chi connectivity index (χ1v) is 8.33. The minimum absolute atomic E-state index is 0.0728. The Morgan fingerprint density at radius 1 is 0.750 bits per heavy atom. The first-order chi connectivity index (χ1) is 11.5. The van der Waals surface area contributed by atoms with Gasteiger partial charge in [0.25, 0.3) is 0 Å². The molecular weight excluding hydrogens is 341 g/mol. The average molecular weight is 358 g/mol. The zero-order valence-corrected chi connectivity index (χ0v) is 14.9. The Balaban J connectivity index is 2.22. The summed E-state index contributed by atoms with van der Waals surface area (Å²) in [5.74, 6) is 0.0728. The molecule has 0 heterocycles. The standard InChI is InChI=1S/C20H17Cl2NO/c1-13-3-7-15(8-4-13)23(16-9-5-14(2)6-10-16)19-12-17(24)11-18(21)20(19)22/h3-12,24H,1-2H3. The highest BCUT2D eigenvalue weighted by Crippen LogP contribution is 2.43. The van der Waals surface area contributed by atoms with E-state index in [9.17, 15) is 5.11 Å². The van der Waals surface area contributed by atoms with E-state index in [0.29, 0.717) is 15.7 Å². The fraction of sp³-hybridized carbons (Fsp3) is 0.100. The third kappa shape index (κ3) is 3.35. The van der Waals surface area contributed by atoms with E-state index in [1.54, 1.807) is 6.07 Å². The van der Waals surface area contributed by atoms with Crippen LogP contribution in [0.2, 0.25) is 10.0 Å². The van der Waals surface area contributed by atoms with Gasteiger partial charge in [0.1, 0.15) is 5.75 Å². The Kier molecular flexibility index (Phi) is 4.70.